The zero-order chi connectivity index (χ0) is 21.8. The van der Waals surface area contributed by atoms with Crippen LogP contribution in [0.25, 0.3) is 0 Å². The molecule has 0 amide bonds. The first-order valence-corrected chi connectivity index (χ1v) is 11.8. The molecule has 3 aromatic carbocycles. The van der Waals surface area contributed by atoms with Gasteiger partial charge in [-0.3, -0.25) is 0 Å². The number of anilines is 1. The zero-order valence-corrected chi connectivity index (χ0v) is 19.7. The molecule has 0 unspecified atom stereocenters. The van der Waals surface area contributed by atoms with Gasteiger partial charge in [-0.25, -0.2) is 0 Å². The van der Waals surface area contributed by atoms with Gasteiger partial charge in [-0.15, -0.1) is 0 Å². The van der Waals surface area contributed by atoms with Crippen LogP contribution < -0.4 is 31.1 Å². The third-order valence-electron chi connectivity index (χ3n) is 4.75. The summed E-state index contributed by atoms with van der Waals surface area (Å²) in [6.45, 7) is 12.5. The highest BCUT2D eigenvalue weighted by Gasteiger charge is 2.28. The molecule has 0 saturated carbocycles. The van der Waals surface area contributed by atoms with Gasteiger partial charge in [0.15, 0.2) is 0 Å². The number of aryl methyl sites for hydroxylation is 2. The lowest BCUT2D eigenvalue weighted by Gasteiger charge is -2.29. The maximum Gasteiger partial charge on any atom is 0.128 e. The first-order chi connectivity index (χ1) is 14.3. The third-order valence-corrected chi connectivity index (χ3v) is 7.68. The molecule has 158 valence electrons. The van der Waals surface area contributed by atoms with Crippen LogP contribution in [0, 0.1) is 13.8 Å². The molecule has 4 heteroatoms. The minimum absolute atomic E-state index is 0.0822. The molecule has 0 spiro atoms. The fourth-order valence-corrected chi connectivity index (χ4v) is 6.40. The van der Waals surface area contributed by atoms with Gasteiger partial charge in [-0.1, -0.05) is 42.5 Å². The van der Waals surface area contributed by atoms with E-state index in [4.69, 9.17) is 15.2 Å². The molecule has 0 aliphatic heterocycles. The van der Waals surface area contributed by atoms with Gasteiger partial charge in [-0.05, 0) is 78.8 Å². The molecule has 3 rings (SSSR count). The van der Waals surface area contributed by atoms with E-state index in [0.29, 0.717) is 0 Å². The predicted molar refractivity (Wildman–Crippen MR) is 131 cm³/mol. The van der Waals surface area contributed by atoms with Gasteiger partial charge >= 0.3 is 0 Å². The second-order valence-electron chi connectivity index (χ2n) is 8.07. The van der Waals surface area contributed by atoms with Crippen LogP contribution >= 0.6 is 7.92 Å². The number of nitrogens with two attached hydrogens (primary N) is 1. The van der Waals surface area contributed by atoms with Crippen molar-refractivity contribution in [2.75, 3.05) is 5.73 Å². The summed E-state index contributed by atoms with van der Waals surface area (Å²) in [5.74, 6) is 1.83. The lowest BCUT2D eigenvalue weighted by Crippen LogP contribution is -2.29. The van der Waals surface area contributed by atoms with Crippen LogP contribution in [0.15, 0.2) is 60.7 Å². The Morgan fingerprint density at radius 1 is 0.667 bits per heavy atom. The molecule has 30 heavy (non-hydrogen) atoms. The fraction of sp³-hybridized carbons (Fsp3) is 0.308. The van der Waals surface area contributed by atoms with E-state index in [1.807, 2.05) is 12.1 Å². The van der Waals surface area contributed by atoms with Gasteiger partial charge < -0.3 is 15.2 Å². The summed E-state index contributed by atoms with van der Waals surface area (Å²) < 4.78 is 12.6. The number of ether oxygens (including phenoxy) is 2. The quantitative estimate of drug-likeness (QED) is 0.420. The first-order valence-electron chi connectivity index (χ1n) is 10.5. The summed E-state index contributed by atoms with van der Waals surface area (Å²) >= 11 is 0. The summed E-state index contributed by atoms with van der Waals surface area (Å²) in [5, 5.41) is 3.52. The molecule has 3 nitrogen and oxygen atoms in total. The van der Waals surface area contributed by atoms with Gasteiger partial charge in [0.25, 0.3) is 0 Å². The second-order valence-corrected chi connectivity index (χ2v) is 10.1. The molecule has 0 fully saturated rings. The molecule has 0 radical (unpaired) electrons. The van der Waals surface area contributed by atoms with Gasteiger partial charge in [0.05, 0.1) is 12.2 Å². The van der Waals surface area contributed by atoms with E-state index < -0.39 is 7.92 Å². The summed E-state index contributed by atoms with van der Waals surface area (Å²) in [7, 11) is -0.986. The Hall–Kier alpha value is -2.51. The Morgan fingerprint density at radius 3 is 1.57 bits per heavy atom. The molecule has 0 saturated heterocycles. The molecule has 0 heterocycles. The van der Waals surface area contributed by atoms with Gasteiger partial charge in [0.1, 0.15) is 11.5 Å². The third kappa shape index (κ3) is 4.79. The van der Waals surface area contributed by atoms with Crippen molar-refractivity contribution in [3.8, 4) is 11.5 Å². The van der Waals surface area contributed by atoms with Crippen molar-refractivity contribution in [2.24, 2.45) is 0 Å². The van der Waals surface area contributed by atoms with Gasteiger partial charge in [-0.2, -0.15) is 0 Å². The van der Waals surface area contributed by atoms with Crippen LogP contribution in [-0.2, 0) is 0 Å². The molecule has 3 aromatic rings. The largest absolute Gasteiger partial charge is 0.490 e. The van der Waals surface area contributed by atoms with Crippen molar-refractivity contribution in [3.63, 3.8) is 0 Å². The molecule has 0 aliphatic carbocycles. The van der Waals surface area contributed by atoms with E-state index in [9.17, 15) is 0 Å². The van der Waals surface area contributed by atoms with Crippen molar-refractivity contribution in [3.05, 3.63) is 71.8 Å². The Balaban J connectivity index is 2.36. The fourth-order valence-electron chi connectivity index (χ4n) is 3.58. The van der Waals surface area contributed by atoms with Crippen LogP contribution in [0.5, 0.6) is 11.5 Å². The van der Waals surface area contributed by atoms with Crippen molar-refractivity contribution < 1.29 is 9.47 Å². The maximum atomic E-state index is 6.53. The van der Waals surface area contributed by atoms with Crippen molar-refractivity contribution in [1.29, 1.82) is 0 Å². The minimum Gasteiger partial charge on any atom is -0.490 e. The first kappa shape index (κ1) is 22.2. The number of rotatable bonds is 7. The summed E-state index contributed by atoms with van der Waals surface area (Å²) in [4.78, 5) is 0. The molecule has 0 bridgehead atoms. The molecule has 0 aromatic heterocycles. The lowest BCUT2D eigenvalue weighted by molar-refractivity contribution is 0.244. The van der Waals surface area contributed by atoms with Crippen LogP contribution in [-0.4, -0.2) is 12.2 Å². The molecular weight excluding hydrogens is 389 g/mol. The Bertz CT molecular complexity index is 954. The van der Waals surface area contributed by atoms with Crippen LogP contribution in [0.2, 0.25) is 0 Å². The smallest absolute Gasteiger partial charge is 0.128 e. The highest BCUT2D eigenvalue weighted by Crippen LogP contribution is 2.43. The van der Waals surface area contributed by atoms with E-state index in [1.165, 1.54) is 21.7 Å². The number of para-hydroxylation sites is 1. The average molecular weight is 422 g/mol. The van der Waals surface area contributed by atoms with Gasteiger partial charge in [0.2, 0.25) is 0 Å². The zero-order valence-electron chi connectivity index (χ0n) is 18.8. The van der Waals surface area contributed by atoms with E-state index in [-0.39, 0.29) is 12.2 Å². The monoisotopic (exact) mass is 421 g/mol. The standard InChI is InChI=1S/C26H32NO2P/c1-17(2)28-22-14-9-11-19(5)25(22)30(24-16-8-7-13-21(24)27)26-20(6)12-10-15-23(26)29-18(3)4/h7-18H,27H2,1-6H3. The van der Waals surface area contributed by atoms with Crippen LogP contribution in [0.4, 0.5) is 5.69 Å². The Kier molecular flexibility index (Phi) is 7.05. The number of nitrogen functional groups attached to an aromatic ring is 1. The molecule has 0 aliphatic rings. The van der Waals surface area contributed by atoms with Crippen molar-refractivity contribution >= 4 is 29.5 Å². The van der Waals surface area contributed by atoms with E-state index in [1.54, 1.807) is 0 Å². The summed E-state index contributed by atoms with van der Waals surface area (Å²) in [6, 6.07) is 20.7. The summed E-state index contributed by atoms with van der Waals surface area (Å²) in [5.41, 5.74) is 9.72. The average Bonchev–Trinajstić information content (AvgIpc) is 2.66. The Morgan fingerprint density at radius 2 is 1.13 bits per heavy atom. The van der Waals surface area contributed by atoms with Crippen LogP contribution in [0.1, 0.15) is 38.8 Å². The van der Waals surface area contributed by atoms with Crippen molar-refractivity contribution in [2.45, 2.75) is 53.8 Å². The highest BCUT2D eigenvalue weighted by atomic mass is 31.1. The minimum atomic E-state index is -0.986. The summed E-state index contributed by atoms with van der Waals surface area (Å²) in [6.07, 6.45) is 0.164. The van der Waals surface area contributed by atoms with Crippen LogP contribution in [0.3, 0.4) is 0 Å². The van der Waals surface area contributed by atoms with E-state index >= 15 is 0 Å². The highest BCUT2D eigenvalue weighted by molar-refractivity contribution is 7.80. The van der Waals surface area contributed by atoms with Crippen molar-refractivity contribution in [1.82, 2.24) is 0 Å². The van der Waals surface area contributed by atoms with Gasteiger partial charge in [0, 0.05) is 21.6 Å². The molecular formula is C26H32NO2P. The van der Waals surface area contributed by atoms with E-state index in [0.717, 1.165) is 22.5 Å². The maximum absolute atomic E-state index is 6.53. The lowest BCUT2D eigenvalue weighted by atomic mass is 10.2. The Labute approximate surface area is 182 Å². The topological polar surface area (TPSA) is 44.5 Å². The predicted octanol–water partition coefficient (Wildman–Crippen LogP) is 5.22. The van der Waals surface area contributed by atoms with E-state index in [2.05, 4.69) is 90.1 Å². The number of hydrogen-bond donors (Lipinski definition) is 1. The number of hydrogen-bond acceptors (Lipinski definition) is 3. The second kappa shape index (κ2) is 9.53. The SMILES string of the molecule is Cc1cccc(OC(C)C)c1P(c1ccccc1N)c1c(C)cccc1OC(C)C. The number of benzene rings is 3. The molecule has 2 N–H and O–H groups in total. The molecule has 0 atom stereocenters. The normalized spacial score (nSPS) is 11.4.